The van der Waals surface area contributed by atoms with Crippen LogP contribution in [0.3, 0.4) is 0 Å². The van der Waals surface area contributed by atoms with Gasteiger partial charge in [-0.25, -0.2) is 4.98 Å². The van der Waals surface area contributed by atoms with E-state index in [0.29, 0.717) is 0 Å². The van der Waals surface area contributed by atoms with E-state index in [1.165, 1.54) is 0 Å². The Morgan fingerprint density at radius 2 is 2.00 bits per heavy atom. The summed E-state index contributed by atoms with van der Waals surface area (Å²) in [4.78, 5) is 4.18. The standard InChI is InChI=1S/C10H9ClN2S/c11-8-3-1-7(2-4-8)10(12)9-5-14-6-13-9/h1-6,10H,12H2. The number of hydrogen-bond donors (Lipinski definition) is 1. The van der Waals surface area contributed by atoms with Gasteiger partial charge in [0.2, 0.25) is 0 Å². The molecule has 0 amide bonds. The zero-order valence-corrected chi connectivity index (χ0v) is 8.92. The molecule has 72 valence electrons. The smallest absolute Gasteiger partial charge is 0.0795 e. The highest BCUT2D eigenvalue weighted by atomic mass is 35.5. The first-order valence-corrected chi connectivity index (χ1v) is 5.48. The molecule has 2 N–H and O–H groups in total. The van der Waals surface area contributed by atoms with Gasteiger partial charge in [-0.05, 0) is 17.7 Å². The summed E-state index contributed by atoms with van der Waals surface area (Å²) in [5.74, 6) is 0. The fraction of sp³-hybridized carbons (Fsp3) is 0.100. The minimum Gasteiger partial charge on any atom is -0.319 e. The van der Waals surface area contributed by atoms with Crippen LogP contribution in [0.15, 0.2) is 35.2 Å². The predicted molar refractivity (Wildman–Crippen MR) is 59.6 cm³/mol. The topological polar surface area (TPSA) is 38.9 Å². The van der Waals surface area contributed by atoms with Gasteiger partial charge in [-0.3, -0.25) is 0 Å². The Morgan fingerprint density at radius 3 is 2.57 bits per heavy atom. The second-order valence-electron chi connectivity index (χ2n) is 2.94. The predicted octanol–water partition coefficient (Wildman–Crippen LogP) is 2.84. The number of thiazole rings is 1. The monoisotopic (exact) mass is 224 g/mol. The Balaban J connectivity index is 2.28. The number of rotatable bonds is 2. The molecule has 1 aromatic carbocycles. The first kappa shape index (κ1) is 9.65. The zero-order valence-electron chi connectivity index (χ0n) is 7.35. The maximum Gasteiger partial charge on any atom is 0.0795 e. The van der Waals surface area contributed by atoms with Crippen LogP contribution in [0.5, 0.6) is 0 Å². The normalized spacial score (nSPS) is 12.7. The second-order valence-corrected chi connectivity index (χ2v) is 4.10. The van der Waals surface area contributed by atoms with Crippen LogP contribution in [-0.4, -0.2) is 4.98 Å². The fourth-order valence-corrected chi connectivity index (χ4v) is 1.93. The molecular formula is C10H9ClN2S. The molecule has 4 heteroatoms. The highest BCUT2D eigenvalue weighted by Crippen LogP contribution is 2.20. The number of nitrogens with two attached hydrogens (primary N) is 1. The maximum absolute atomic E-state index is 6.01. The quantitative estimate of drug-likeness (QED) is 0.852. The Morgan fingerprint density at radius 1 is 1.29 bits per heavy atom. The van der Waals surface area contributed by atoms with Gasteiger partial charge in [-0.15, -0.1) is 11.3 Å². The van der Waals surface area contributed by atoms with Crippen molar-refractivity contribution in [3.05, 3.63) is 51.4 Å². The van der Waals surface area contributed by atoms with Gasteiger partial charge in [0.15, 0.2) is 0 Å². The van der Waals surface area contributed by atoms with E-state index in [9.17, 15) is 0 Å². The molecular weight excluding hydrogens is 216 g/mol. The van der Waals surface area contributed by atoms with Crippen molar-refractivity contribution in [1.82, 2.24) is 4.98 Å². The van der Waals surface area contributed by atoms with Crippen LogP contribution in [0.4, 0.5) is 0 Å². The van der Waals surface area contributed by atoms with Crippen molar-refractivity contribution in [3.63, 3.8) is 0 Å². The first-order chi connectivity index (χ1) is 6.77. The molecule has 1 heterocycles. The van der Waals surface area contributed by atoms with Gasteiger partial charge in [0.1, 0.15) is 0 Å². The summed E-state index contributed by atoms with van der Waals surface area (Å²) in [6, 6.07) is 7.36. The van der Waals surface area contributed by atoms with Gasteiger partial charge in [0, 0.05) is 10.4 Å². The van der Waals surface area contributed by atoms with E-state index in [1.54, 1.807) is 16.8 Å². The molecule has 0 aliphatic heterocycles. The van der Waals surface area contributed by atoms with Crippen molar-refractivity contribution < 1.29 is 0 Å². The van der Waals surface area contributed by atoms with E-state index in [1.807, 2.05) is 29.6 Å². The summed E-state index contributed by atoms with van der Waals surface area (Å²) >= 11 is 7.34. The molecule has 0 bridgehead atoms. The molecule has 0 aliphatic carbocycles. The molecule has 0 radical (unpaired) electrons. The molecule has 2 aromatic rings. The van der Waals surface area contributed by atoms with Gasteiger partial charge >= 0.3 is 0 Å². The number of hydrogen-bond acceptors (Lipinski definition) is 3. The van der Waals surface area contributed by atoms with E-state index in [2.05, 4.69) is 4.98 Å². The van der Waals surface area contributed by atoms with Crippen LogP contribution in [0, 0.1) is 0 Å². The summed E-state index contributed by atoms with van der Waals surface area (Å²) in [5.41, 5.74) is 9.72. The SMILES string of the molecule is NC(c1ccc(Cl)cc1)c1cscn1. The molecule has 0 saturated carbocycles. The third-order valence-electron chi connectivity index (χ3n) is 2.00. The third kappa shape index (κ3) is 1.95. The van der Waals surface area contributed by atoms with E-state index in [-0.39, 0.29) is 6.04 Å². The summed E-state index contributed by atoms with van der Waals surface area (Å²) in [7, 11) is 0. The minimum atomic E-state index is -0.154. The highest BCUT2D eigenvalue weighted by molar-refractivity contribution is 7.07. The summed E-state index contributed by atoms with van der Waals surface area (Å²) in [6.07, 6.45) is 0. The number of benzene rings is 1. The molecule has 1 unspecified atom stereocenters. The third-order valence-corrected chi connectivity index (χ3v) is 2.86. The van der Waals surface area contributed by atoms with Gasteiger partial charge in [-0.1, -0.05) is 23.7 Å². The van der Waals surface area contributed by atoms with Crippen LogP contribution in [0.2, 0.25) is 5.02 Å². The number of halogens is 1. The summed E-state index contributed by atoms with van der Waals surface area (Å²) in [6.45, 7) is 0. The fourth-order valence-electron chi connectivity index (χ4n) is 1.22. The number of aromatic nitrogens is 1. The van der Waals surface area contributed by atoms with Crippen molar-refractivity contribution in [1.29, 1.82) is 0 Å². The van der Waals surface area contributed by atoms with E-state index in [4.69, 9.17) is 17.3 Å². The molecule has 2 nitrogen and oxygen atoms in total. The highest BCUT2D eigenvalue weighted by Gasteiger charge is 2.09. The Hall–Kier alpha value is -0.900. The van der Waals surface area contributed by atoms with Crippen LogP contribution < -0.4 is 5.73 Å². The molecule has 0 fully saturated rings. The van der Waals surface area contributed by atoms with Crippen LogP contribution in [0.25, 0.3) is 0 Å². The minimum absolute atomic E-state index is 0.154. The molecule has 14 heavy (non-hydrogen) atoms. The van der Waals surface area contributed by atoms with Gasteiger partial charge < -0.3 is 5.73 Å². The molecule has 0 spiro atoms. The van der Waals surface area contributed by atoms with E-state index < -0.39 is 0 Å². The maximum atomic E-state index is 6.01. The lowest BCUT2D eigenvalue weighted by atomic mass is 10.1. The summed E-state index contributed by atoms with van der Waals surface area (Å²) < 4.78 is 0. The van der Waals surface area contributed by atoms with E-state index in [0.717, 1.165) is 16.3 Å². The van der Waals surface area contributed by atoms with Crippen molar-refractivity contribution in [3.8, 4) is 0 Å². The lowest BCUT2D eigenvalue weighted by Gasteiger charge is -2.08. The molecule has 1 atom stereocenters. The Bertz CT molecular complexity index is 397. The second kappa shape index (κ2) is 4.09. The van der Waals surface area contributed by atoms with Gasteiger partial charge in [0.25, 0.3) is 0 Å². The Labute approximate surface area is 91.4 Å². The molecule has 1 aromatic heterocycles. The lowest BCUT2D eigenvalue weighted by Crippen LogP contribution is -2.11. The number of nitrogens with zero attached hydrogens (tertiary/aromatic N) is 1. The van der Waals surface area contributed by atoms with Crippen molar-refractivity contribution >= 4 is 22.9 Å². The van der Waals surface area contributed by atoms with Crippen molar-refractivity contribution in [2.45, 2.75) is 6.04 Å². The van der Waals surface area contributed by atoms with Gasteiger partial charge in [0.05, 0.1) is 17.2 Å². The van der Waals surface area contributed by atoms with Crippen LogP contribution in [-0.2, 0) is 0 Å². The van der Waals surface area contributed by atoms with E-state index >= 15 is 0 Å². The van der Waals surface area contributed by atoms with Crippen molar-refractivity contribution in [2.75, 3.05) is 0 Å². The Kier molecular flexibility index (Phi) is 2.82. The largest absolute Gasteiger partial charge is 0.319 e. The zero-order chi connectivity index (χ0) is 9.97. The first-order valence-electron chi connectivity index (χ1n) is 4.16. The average Bonchev–Trinajstić information content (AvgIpc) is 2.71. The lowest BCUT2D eigenvalue weighted by molar-refractivity contribution is 0.839. The van der Waals surface area contributed by atoms with Gasteiger partial charge in [-0.2, -0.15) is 0 Å². The van der Waals surface area contributed by atoms with Crippen LogP contribution >= 0.6 is 22.9 Å². The van der Waals surface area contributed by atoms with Crippen LogP contribution in [0.1, 0.15) is 17.3 Å². The van der Waals surface area contributed by atoms with Crippen molar-refractivity contribution in [2.24, 2.45) is 5.73 Å². The average molecular weight is 225 g/mol. The molecule has 2 rings (SSSR count). The molecule has 0 saturated heterocycles. The molecule has 0 aliphatic rings. The summed E-state index contributed by atoms with van der Waals surface area (Å²) in [5, 5.41) is 2.68.